The van der Waals surface area contributed by atoms with Gasteiger partial charge in [0.05, 0.1) is 13.0 Å². The van der Waals surface area contributed by atoms with Gasteiger partial charge in [-0.1, -0.05) is 51.5 Å². The van der Waals surface area contributed by atoms with Crippen LogP contribution in [-0.2, 0) is 20.8 Å². The fourth-order valence-electron chi connectivity index (χ4n) is 5.90. The van der Waals surface area contributed by atoms with E-state index in [0.717, 1.165) is 24.8 Å². The van der Waals surface area contributed by atoms with Gasteiger partial charge >= 0.3 is 0 Å². The molecule has 1 aliphatic heterocycles. The first-order chi connectivity index (χ1) is 17.8. The van der Waals surface area contributed by atoms with Crippen molar-refractivity contribution in [3.63, 3.8) is 0 Å². The van der Waals surface area contributed by atoms with Crippen LogP contribution >= 0.6 is 0 Å². The fourth-order valence-corrected chi connectivity index (χ4v) is 5.90. The highest BCUT2D eigenvalue weighted by atomic mass is 16.5. The fraction of sp³-hybridized carbons (Fsp3) is 0.517. The second-order valence-corrected chi connectivity index (χ2v) is 10.3. The lowest BCUT2D eigenvalue weighted by Gasteiger charge is -2.46. The summed E-state index contributed by atoms with van der Waals surface area (Å²) < 4.78 is 5.31. The molecule has 0 radical (unpaired) electrons. The maximum Gasteiger partial charge on any atom is 0.250 e. The van der Waals surface area contributed by atoms with Crippen molar-refractivity contribution in [2.45, 2.75) is 64.3 Å². The van der Waals surface area contributed by atoms with Gasteiger partial charge in [0.2, 0.25) is 11.8 Å². The minimum Gasteiger partial charge on any atom is -0.497 e. The van der Waals surface area contributed by atoms with E-state index in [4.69, 9.17) is 10.5 Å². The number of likely N-dealkylation sites (tertiary alicyclic amines) is 1. The Morgan fingerprint density at radius 2 is 1.95 bits per heavy atom. The normalized spacial score (nSPS) is 20.7. The largest absolute Gasteiger partial charge is 0.497 e. The zero-order valence-corrected chi connectivity index (χ0v) is 22.1. The van der Waals surface area contributed by atoms with E-state index in [1.165, 1.54) is 29.1 Å². The number of nitrogens with two attached hydrogens (primary N) is 1. The molecule has 2 N–H and O–H groups in total. The standard InChI is InChI=1S/C29H38N4O4/c1-4-20(21-9-6-5-7-10-21)17-26(34)33-27(24(28(33)35)15-19-13-14-31-25(30)16-19)29(36)32(2)22-11-8-12-23(18-22)37-3/h8,11-14,16,18,20-21,24,27H,4-7,9-10,15,17H2,1-3H3,(H2,30,31)/t20-,24+,27-/m0/s1. The van der Waals surface area contributed by atoms with Gasteiger partial charge in [0.25, 0.3) is 5.91 Å². The summed E-state index contributed by atoms with van der Waals surface area (Å²) in [7, 11) is 3.24. The van der Waals surface area contributed by atoms with E-state index in [0.29, 0.717) is 36.0 Å². The van der Waals surface area contributed by atoms with Crippen LogP contribution in [0.2, 0.25) is 0 Å². The number of benzene rings is 1. The number of nitrogen functional groups attached to an aromatic ring is 1. The summed E-state index contributed by atoms with van der Waals surface area (Å²) in [5.41, 5.74) is 7.29. The lowest BCUT2D eigenvalue weighted by atomic mass is 9.76. The van der Waals surface area contributed by atoms with Crippen LogP contribution in [0.3, 0.4) is 0 Å². The van der Waals surface area contributed by atoms with Crippen LogP contribution in [0.5, 0.6) is 5.75 Å². The number of β-lactam (4-membered cyclic amide) rings is 1. The molecule has 1 saturated heterocycles. The number of carbonyl (C=O) groups is 3. The van der Waals surface area contributed by atoms with Crippen molar-refractivity contribution in [3.8, 4) is 5.75 Å². The molecule has 0 bridgehead atoms. The van der Waals surface area contributed by atoms with Crippen molar-refractivity contribution < 1.29 is 19.1 Å². The molecule has 0 spiro atoms. The highest BCUT2D eigenvalue weighted by Gasteiger charge is 2.55. The Morgan fingerprint density at radius 3 is 2.62 bits per heavy atom. The number of nitrogens with zero attached hydrogens (tertiary/aromatic N) is 3. The Balaban J connectivity index is 1.58. The second-order valence-electron chi connectivity index (χ2n) is 10.3. The molecule has 2 aliphatic rings. The van der Waals surface area contributed by atoms with E-state index in [1.807, 2.05) is 6.07 Å². The van der Waals surface area contributed by atoms with Crippen molar-refractivity contribution in [2.24, 2.45) is 17.8 Å². The number of ether oxygens (including phenoxy) is 1. The molecule has 37 heavy (non-hydrogen) atoms. The smallest absolute Gasteiger partial charge is 0.250 e. The average molecular weight is 507 g/mol. The highest BCUT2D eigenvalue weighted by molar-refractivity contribution is 6.12. The molecule has 4 rings (SSSR count). The minimum absolute atomic E-state index is 0.228. The van der Waals surface area contributed by atoms with E-state index < -0.39 is 12.0 Å². The molecule has 1 aromatic carbocycles. The van der Waals surface area contributed by atoms with Gasteiger partial charge < -0.3 is 15.4 Å². The molecular formula is C29H38N4O4. The van der Waals surface area contributed by atoms with Crippen molar-refractivity contribution in [1.29, 1.82) is 0 Å². The van der Waals surface area contributed by atoms with Crippen LogP contribution in [0.25, 0.3) is 0 Å². The summed E-state index contributed by atoms with van der Waals surface area (Å²) in [6.45, 7) is 2.11. The zero-order valence-electron chi connectivity index (χ0n) is 22.1. The first-order valence-corrected chi connectivity index (χ1v) is 13.3. The lowest BCUT2D eigenvalue weighted by molar-refractivity contribution is -0.171. The first kappa shape index (κ1) is 26.6. The Morgan fingerprint density at radius 1 is 1.19 bits per heavy atom. The summed E-state index contributed by atoms with van der Waals surface area (Å²) in [6, 6.07) is 9.81. The Kier molecular flexibility index (Phi) is 8.46. The van der Waals surface area contributed by atoms with Crippen molar-refractivity contribution in [1.82, 2.24) is 9.88 Å². The molecule has 0 unspecified atom stereocenters. The van der Waals surface area contributed by atoms with E-state index in [2.05, 4.69) is 11.9 Å². The van der Waals surface area contributed by atoms with Crippen LogP contribution in [-0.4, -0.2) is 47.8 Å². The topological polar surface area (TPSA) is 106 Å². The summed E-state index contributed by atoms with van der Waals surface area (Å²) in [5.74, 6) is 0.236. The van der Waals surface area contributed by atoms with Gasteiger partial charge in [-0.2, -0.15) is 0 Å². The third kappa shape index (κ3) is 5.78. The summed E-state index contributed by atoms with van der Waals surface area (Å²) in [6.07, 6.45) is 9.00. The van der Waals surface area contributed by atoms with Gasteiger partial charge in [0, 0.05) is 31.4 Å². The maximum absolute atomic E-state index is 13.8. The number of rotatable bonds is 9. The number of imide groups is 1. The van der Waals surface area contributed by atoms with Gasteiger partial charge in [0.15, 0.2) is 0 Å². The number of anilines is 2. The predicted molar refractivity (Wildman–Crippen MR) is 143 cm³/mol. The number of carbonyl (C=O) groups excluding carboxylic acids is 3. The van der Waals surface area contributed by atoms with E-state index in [9.17, 15) is 14.4 Å². The third-order valence-corrected chi connectivity index (χ3v) is 8.09. The van der Waals surface area contributed by atoms with E-state index in [1.54, 1.807) is 50.7 Å². The summed E-state index contributed by atoms with van der Waals surface area (Å²) >= 11 is 0. The molecule has 2 heterocycles. The molecule has 1 aliphatic carbocycles. The molecule has 8 heteroatoms. The Hall–Kier alpha value is -3.42. The van der Waals surface area contributed by atoms with Crippen molar-refractivity contribution in [2.75, 3.05) is 24.8 Å². The SMILES string of the molecule is CC[C@@H](CC(=O)N1C(=O)[C@H](Cc2ccnc(N)c2)[C@H]1C(=O)N(C)c1cccc(OC)c1)C1CCCCC1. The van der Waals surface area contributed by atoms with Gasteiger partial charge in [0.1, 0.15) is 17.6 Å². The molecule has 8 nitrogen and oxygen atoms in total. The van der Waals surface area contributed by atoms with Crippen LogP contribution in [0.1, 0.15) is 57.4 Å². The van der Waals surface area contributed by atoms with Gasteiger partial charge in [-0.05, 0) is 48.1 Å². The monoisotopic (exact) mass is 506 g/mol. The molecule has 3 amide bonds. The molecule has 3 atom stereocenters. The first-order valence-electron chi connectivity index (χ1n) is 13.3. The predicted octanol–water partition coefficient (Wildman–Crippen LogP) is 4.23. The quantitative estimate of drug-likeness (QED) is 0.510. The number of amides is 3. The van der Waals surface area contributed by atoms with Crippen molar-refractivity contribution >= 4 is 29.2 Å². The summed E-state index contributed by atoms with van der Waals surface area (Å²) in [4.78, 5) is 47.5. The van der Waals surface area contributed by atoms with E-state index in [-0.39, 0.29) is 23.6 Å². The average Bonchev–Trinajstić information content (AvgIpc) is 2.92. The molecule has 2 aromatic rings. The van der Waals surface area contributed by atoms with E-state index >= 15 is 0 Å². The summed E-state index contributed by atoms with van der Waals surface area (Å²) in [5, 5.41) is 0. The number of aromatic nitrogens is 1. The maximum atomic E-state index is 13.8. The zero-order chi connectivity index (χ0) is 26.5. The lowest BCUT2D eigenvalue weighted by Crippen LogP contribution is -2.69. The number of likely N-dealkylation sites (N-methyl/N-ethyl adjacent to an activating group) is 1. The van der Waals surface area contributed by atoms with Gasteiger partial charge in [-0.25, -0.2) is 4.98 Å². The van der Waals surface area contributed by atoms with Crippen LogP contribution in [0.4, 0.5) is 11.5 Å². The van der Waals surface area contributed by atoms with Crippen LogP contribution in [0.15, 0.2) is 42.6 Å². The molecule has 198 valence electrons. The molecule has 1 saturated carbocycles. The number of methoxy groups -OCH3 is 1. The highest BCUT2D eigenvalue weighted by Crippen LogP contribution is 2.37. The number of hydrogen-bond donors (Lipinski definition) is 1. The molecule has 2 fully saturated rings. The van der Waals surface area contributed by atoms with Gasteiger partial charge in [-0.3, -0.25) is 19.3 Å². The van der Waals surface area contributed by atoms with Crippen LogP contribution in [0, 0.1) is 17.8 Å². The van der Waals surface area contributed by atoms with Gasteiger partial charge in [-0.15, -0.1) is 0 Å². The second kappa shape index (κ2) is 11.8. The molecule has 1 aromatic heterocycles. The third-order valence-electron chi connectivity index (χ3n) is 8.09. The number of pyridine rings is 1. The minimum atomic E-state index is -0.866. The Labute approximate surface area is 219 Å². The Bertz CT molecular complexity index is 1130. The number of hydrogen-bond acceptors (Lipinski definition) is 6. The molecular weight excluding hydrogens is 468 g/mol. The van der Waals surface area contributed by atoms with Crippen molar-refractivity contribution in [3.05, 3.63) is 48.2 Å². The van der Waals surface area contributed by atoms with Crippen LogP contribution < -0.4 is 15.4 Å².